The van der Waals surface area contributed by atoms with Crippen LogP contribution in [-0.4, -0.2) is 20.2 Å². The molecule has 1 aromatic rings. The lowest BCUT2D eigenvalue weighted by molar-refractivity contribution is 0.402. The van der Waals surface area contributed by atoms with Crippen LogP contribution >= 0.6 is 15.9 Å². The van der Waals surface area contributed by atoms with Crippen molar-refractivity contribution in [2.45, 2.75) is 19.8 Å². The highest BCUT2D eigenvalue weighted by molar-refractivity contribution is 9.10. The van der Waals surface area contributed by atoms with E-state index in [4.69, 9.17) is 4.74 Å². The molecule has 1 fully saturated rings. The summed E-state index contributed by atoms with van der Waals surface area (Å²) in [7, 11) is 1.75. The van der Waals surface area contributed by atoms with Crippen molar-refractivity contribution in [3.8, 4) is 5.75 Å². The molecular weight excluding hydrogens is 266 g/mol. The molecule has 1 aliphatic rings. The Morgan fingerprint density at radius 2 is 2.31 bits per heavy atom. The molecule has 0 bridgehead atoms. The van der Waals surface area contributed by atoms with E-state index < -0.39 is 0 Å². The highest BCUT2D eigenvalue weighted by Crippen LogP contribution is 2.33. The zero-order valence-corrected chi connectivity index (χ0v) is 11.4. The Kier molecular flexibility index (Phi) is 3.87. The van der Waals surface area contributed by atoms with Gasteiger partial charge in [-0.05, 0) is 71.9 Å². The van der Waals surface area contributed by atoms with E-state index in [-0.39, 0.29) is 0 Å². The molecule has 3 heteroatoms. The number of methoxy groups -OCH3 is 1. The van der Waals surface area contributed by atoms with Crippen molar-refractivity contribution in [2.24, 2.45) is 5.92 Å². The van der Waals surface area contributed by atoms with Crippen LogP contribution in [0.15, 0.2) is 16.6 Å². The molecule has 1 saturated heterocycles. The van der Waals surface area contributed by atoms with E-state index in [1.165, 1.54) is 17.5 Å². The first-order chi connectivity index (χ1) is 7.72. The number of aryl methyl sites for hydroxylation is 1. The van der Waals surface area contributed by atoms with E-state index in [1.807, 2.05) is 0 Å². The van der Waals surface area contributed by atoms with Crippen molar-refractivity contribution in [3.63, 3.8) is 0 Å². The molecule has 1 aromatic carbocycles. The third-order valence-electron chi connectivity index (χ3n) is 3.31. The maximum absolute atomic E-state index is 5.50. The molecule has 0 aromatic heterocycles. The minimum absolute atomic E-state index is 0.752. The second kappa shape index (κ2) is 5.19. The van der Waals surface area contributed by atoms with Crippen molar-refractivity contribution in [1.82, 2.24) is 5.32 Å². The summed E-state index contributed by atoms with van der Waals surface area (Å²) in [6.45, 7) is 4.45. The molecule has 0 aliphatic carbocycles. The fraction of sp³-hybridized carbons (Fsp3) is 0.538. The normalized spacial score (nSPS) is 20.1. The smallest absolute Gasteiger partial charge is 0.136 e. The number of benzene rings is 1. The number of rotatable bonds is 3. The Hall–Kier alpha value is -0.540. The number of hydrogen-bond donors (Lipinski definition) is 1. The molecule has 16 heavy (non-hydrogen) atoms. The molecule has 1 heterocycles. The van der Waals surface area contributed by atoms with Crippen molar-refractivity contribution in [2.75, 3.05) is 20.2 Å². The Morgan fingerprint density at radius 1 is 1.50 bits per heavy atom. The van der Waals surface area contributed by atoms with Gasteiger partial charge in [-0.15, -0.1) is 0 Å². The maximum atomic E-state index is 5.50. The predicted molar refractivity (Wildman–Crippen MR) is 70.1 cm³/mol. The molecule has 2 rings (SSSR count). The molecule has 0 spiro atoms. The van der Waals surface area contributed by atoms with E-state index in [9.17, 15) is 0 Å². The van der Waals surface area contributed by atoms with Crippen molar-refractivity contribution in [3.05, 3.63) is 27.7 Å². The van der Waals surface area contributed by atoms with E-state index in [2.05, 4.69) is 40.3 Å². The summed E-state index contributed by atoms with van der Waals surface area (Å²) < 4.78 is 6.56. The van der Waals surface area contributed by atoms with Crippen LogP contribution in [0.4, 0.5) is 0 Å². The standard InChI is InChI=1S/C13H18BrNO/c1-9-3-4-12(14)13(16-2)11(9)7-10-5-6-15-8-10/h3-4,10,15H,5-8H2,1-2H3. The van der Waals surface area contributed by atoms with Gasteiger partial charge < -0.3 is 10.1 Å². The summed E-state index contributed by atoms with van der Waals surface area (Å²) >= 11 is 3.55. The fourth-order valence-electron chi connectivity index (χ4n) is 2.35. The lowest BCUT2D eigenvalue weighted by atomic mass is 9.95. The van der Waals surface area contributed by atoms with Gasteiger partial charge in [0, 0.05) is 0 Å². The molecular formula is C13H18BrNO. The predicted octanol–water partition coefficient (Wildman–Crippen LogP) is 2.92. The van der Waals surface area contributed by atoms with Crippen molar-refractivity contribution in [1.29, 1.82) is 0 Å². The third-order valence-corrected chi connectivity index (χ3v) is 3.93. The van der Waals surface area contributed by atoms with Crippen LogP contribution in [0.2, 0.25) is 0 Å². The Labute approximate surface area is 106 Å². The van der Waals surface area contributed by atoms with E-state index in [1.54, 1.807) is 7.11 Å². The average molecular weight is 284 g/mol. The van der Waals surface area contributed by atoms with Crippen molar-refractivity contribution < 1.29 is 4.74 Å². The summed E-state index contributed by atoms with van der Waals surface area (Å²) in [5, 5.41) is 3.41. The Morgan fingerprint density at radius 3 is 2.94 bits per heavy atom. The van der Waals surface area contributed by atoms with Gasteiger partial charge in [-0.2, -0.15) is 0 Å². The van der Waals surface area contributed by atoms with Crippen LogP contribution in [0.5, 0.6) is 5.75 Å². The molecule has 1 N–H and O–H groups in total. The Balaban J connectivity index is 2.26. The zero-order valence-electron chi connectivity index (χ0n) is 9.85. The SMILES string of the molecule is COc1c(Br)ccc(C)c1CC1CCNC1. The first kappa shape index (κ1) is 11.9. The van der Waals surface area contributed by atoms with Gasteiger partial charge in [0.1, 0.15) is 5.75 Å². The second-order valence-electron chi connectivity index (χ2n) is 4.44. The van der Waals surface area contributed by atoms with Gasteiger partial charge in [0.25, 0.3) is 0 Å². The van der Waals surface area contributed by atoms with E-state index in [0.717, 1.165) is 35.7 Å². The van der Waals surface area contributed by atoms with Gasteiger partial charge in [0.15, 0.2) is 0 Å². The van der Waals surface area contributed by atoms with Crippen LogP contribution in [0.1, 0.15) is 17.5 Å². The highest BCUT2D eigenvalue weighted by atomic mass is 79.9. The topological polar surface area (TPSA) is 21.3 Å². The molecule has 1 aliphatic heterocycles. The molecule has 0 amide bonds. The summed E-state index contributed by atoms with van der Waals surface area (Å²) in [4.78, 5) is 0. The van der Waals surface area contributed by atoms with Crippen LogP contribution < -0.4 is 10.1 Å². The number of nitrogens with one attached hydrogen (secondary N) is 1. The Bertz CT molecular complexity index is 372. The van der Waals surface area contributed by atoms with Gasteiger partial charge in [-0.25, -0.2) is 0 Å². The van der Waals surface area contributed by atoms with Gasteiger partial charge in [-0.1, -0.05) is 6.07 Å². The number of ether oxygens (including phenoxy) is 1. The van der Waals surface area contributed by atoms with Crippen LogP contribution in [0.25, 0.3) is 0 Å². The van der Waals surface area contributed by atoms with Gasteiger partial charge in [-0.3, -0.25) is 0 Å². The quantitative estimate of drug-likeness (QED) is 0.921. The minimum atomic E-state index is 0.752. The van der Waals surface area contributed by atoms with Gasteiger partial charge in [0.05, 0.1) is 11.6 Å². The monoisotopic (exact) mass is 283 g/mol. The molecule has 1 unspecified atom stereocenters. The lowest BCUT2D eigenvalue weighted by Crippen LogP contribution is -2.12. The first-order valence-electron chi connectivity index (χ1n) is 5.75. The number of hydrogen-bond acceptors (Lipinski definition) is 2. The summed E-state index contributed by atoms with van der Waals surface area (Å²) in [6.07, 6.45) is 2.39. The van der Waals surface area contributed by atoms with Gasteiger partial charge >= 0.3 is 0 Å². The molecule has 88 valence electrons. The summed E-state index contributed by atoms with van der Waals surface area (Å²) in [5.74, 6) is 1.76. The average Bonchev–Trinajstić information content (AvgIpc) is 2.77. The summed E-state index contributed by atoms with van der Waals surface area (Å²) in [5.41, 5.74) is 2.68. The van der Waals surface area contributed by atoms with Crippen molar-refractivity contribution >= 4 is 15.9 Å². The minimum Gasteiger partial charge on any atom is -0.495 e. The van der Waals surface area contributed by atoms with Crippen LogP contribution in [0, 0.1) is 12.8 Å². The first-order valence-corrected chi connectivity index (χ1v) is 6.54. The largest absolute Gasteiger partial charge is 0.495 e. The molecule has 1 atom stereocenters. The number of halogens is 1. The molecule has 0 saturated carbocycles. The van der Waals surface area contributed by atoms with E-state index >= 15 is 0 Å². The molecule has 0 radical (unpaired) electrons. The second-order valence-corrected chi connectivity index (χ2v) is 5.29. The molecule has 2 nitrogen and oxygen atoms in total. The zero-order chi connectivity index (χ0) is 11.5. The van der Waals surface area contributed by atoms with Gasteiger partial charge in [0.2, 0.25) is 0 Å². The third kappa shape index (κ3) is 2.41. The van der Waals surface area contributed by atoms with Crippen LogP contribution in [0.3, 0.4) is 0 Å². The van der Waals surface area contributed by atoms with Crippen LogP contribution in [-0.2, 0) is 6.42 Å². The lowest BCUT2D eigenvalue weighted by Gasteiger charge is -2.16. The van der Waals surface area contributed by atoms with E-state index in [0.29, 0.717) is 0 Å². The highest BCUT2D eigenvalue weighted by Gasteiger charge is 2.19. The fourth-order valence-corrected chi connectivity index (χ4v) is 2.88. The summed E-state index contributed by atoms with van der Waals surface area (Å²) in [6, 6.07) is 4.22. The maximum Gasteiger partial charge on any atom is 0.136 e.